The lowest BCUT2D eigenvalue weighted by Gasteiger charge is -2.13. The van der Waals surface area contributed by atoms with Crippen LogP contribution in [0.15, 0.2) is 55.1 Å². The quantitative estimate of drug-likeness (QED) is 0.526. The SMILES string of the molecule is Nc1c(NNC(=O)c2ccccc2F)ncnc1Nc1cccnc1. The molecule has 3 aromatic rings. The minimum Gasteiger partial charge on any atom is -0.393 e. The van der Waals surface area contributed by atoms with Crippen LogP contribution >= 0.6 is 0 Å². The van der Waals surface area contributed by atoms with Gasteiger partial charge < -0.3 is 11.1 Å². The Hall–Kier alpha value is -3.75. The maximum atomic E-state index is 13.6. The number of pyridine rings is 1. The van der Waals surface area contributed by atoms with Crippen LogP contribution in [0.25, 0.3) is 0 Å². The second kappa shape index (κ2) is 7.21. The third kappa shape index (κ3) is 3.78. The third-order valence-electron chi connectivity index (χ3n) is 3.22. The summed E-state index contributed by atoms with van der Waals surface area (Å²) in [5, 5.41) is 2.99. The van der Waals surface area contributed by atoms with Crippen molar-refractivity contribution in [1.29, 1.82) is 0 Å². The van der Waals surface area contributed by atoms with Gasteiger partial charge in [0, 0.05) is 6.20 Å². The smallest absolute Gasteiger partial charge is 0.272 e. The zero-order chi connectivity index (χ0) is 17.6. The Balaban J connectivity index is 1.72. The fraction of sp³-hybridized carbons (Fsp3) is 0. The van der Waals surface area contributed by atoms with Crippen LogP contribution in [0.1, 0.15) is 10.4 Å². The number of carbonyl (C=O) groups is 1. The molecule has 0 saturated heterocycles. The normalized spacial score (nSPS) is 10.1. The van der Waals surface area contributed by atoms with Crippen molar-refractivity contribution >= 4 is 28.9 Å². The van der Waals surface area contributed by atoms with Crippen molar-refractivity contribution < 1.29 is 9.18 Å². The molecule has 2 heterocycles. The number of nitrogens with zero attached hydrogens (tertiary/aromatic N) is 3. The number of carbonyl (C=O) groups excluding carboxylic acids is 1. The summed E-state index contributed by atoms with van der Waals surface area (Å²) in [7, 11) is 0. The predicted molar refractivity (Wildman–Crippen MR) is 91.5 cm³/mol. The summed E-state index contributed by atoms with van der Waals surface area (Å²) >= 11 is 0. The van der Waals surface area contributed by atoms with Crippen LogP contribution < -0.4 is 21.9 Å². The standard InChI is InChI=1S/C16H14FN7O/c17-12-6-2-1-5-11(12)16(25)24-23-15-13(18)14(20-9-21-15)22-10-4-3-7-19-8-10/h1-9H,18H2,(H,24,25)(H2,20,21,22,23). The number of nitrogen functional groups attached to an aromatic ring is 1. The van der Waals surface area contributed by atoms with E-state index in [1.165, 1.54) is 24.5 Å². The fourth-order valence-corrected chi connectivity index (χ4v) is 2.00. The number of nitrogens with two attached hydrogens (primary N) is 1. The molecule has 3 rings (SSSR count). The summed E-state index contributed by atoms with van der Waals surface area (Å²) in [5.74, 6) is -0.772. The molecule has 1 amide bonds. The highest BCUT2D eigenvalue weighted by Crippen LogP contribution is 2.24. The van der Waals surface area contributed by atoms with Gasteiger partial charge in [0.05, 0.1) is 17.4 Å². The van der Waals surface area contributed by atoms with E-state index in [9.17, 15) is 9.18 Å². The number of hydrogen-bond donors (Lipinski definition) is 4. The maximum absolute atomic E-state index is 13.6. The molecule has 126 valence electrons. The van der Waals surface area contributed by atoms with Crippen LogP contribution in [-0.2, 0) is 0 Å². The first-order chi connectivity index (χ1) is 12.1. The van der Waals surface area contributed by atoms with Gasteiger partial charge in [-0.15, -0.1) is 0 Å². The third-order valence-corrected chi connectivity index (χ3v) is 3.22. The lowest BCUT2D eigenvalue weighted by Crippen LogP contribution is -2.31. The fourth-order valence-electron chi connectivity index (χ4n) is 2.00. The molecule has 9 heteroatoms. The number of amides is 1. The van der Waals surface area contributed by atoms with Crippen LogP contribution in [0.2, 0.25) is 0 Å². The zero-order valence-corrected chi connectivity index (χ0v) is 12.9. The largest absolute Gasteiger partial charge is 0.393 e. The molecule has 0 bridgehead atoms. The number of rotatable bonds is 5. The molecule has 0 saturated carbocycles. The highest BCUT2D eigenvalue weighted by molar-refractivity contribution is 5.95. The van der Waals surface area contributed by atoms with Gasteiger partial charge in [-0.25, -0.2) is 14.4 Å². The van der Waals surface area contributed by atoms with Gasteiger partial charge in [0.25, 0.3) is 5.91 Å². The highest BCUT2D eigenvalue weighted by Gasteiger charge is 2.13. The van der Waals surface area contributed by atoms with Crippen LogP contribution in [0.5, 0.6) is 0 Å². The maximum Gasteiger partial charge on any atom is 0.272 e. The van der Waals surface area contributed by atoms with Crippen molar-refractivity contribution in [1.82, 2.24) is 20.4 Å². The van der Waals surface area contributed by atoms with Gasteiger partial charge in [-0.3, -0.25) is 20.6 Å². The number of halogens is 1. The number of hydrogen-bond acceptors (Lipinski definition) is 7. The second-order valence-electron chi connectivity index (χ2n) is 4.91. The molecule has 8 nitrogen and oxygen atoms in total. The zero-order valence-electron chi connectivity index (χ0n) is 12.9. The number of hydrazine groups is 1. The molecule has 0 fully saturated rings. The van der Waals surface area contributed by atoms with Crippen LogP contribution in [0.4, 0.5) is 27.4 Å². The van der Waals surface area contributed by atoms with E-state index < -0.39 is 11.7 Å². The first-order valence-electron chi connectivity index (χ1n) is 7.23. The summed E-state index contributed by atoms with van der Waals surface area (Å²) in [5.41, 5.74) is 11.7. The van der Waals surface area contributed by atoms with Crippen molar-refractivity contribution in [2.75, 3.05) is 16.5 Å². The highest BCUT2D eigenvalue weighted by atomic mass is 19.1. The van der Waals surface area contributed by atoms with Gasteiger partial charge in [-0.05, 0) is 24.3 Å². The average Bonchev–Trinajstić information content (AvgIpc) is 2.63. The Morgan fingerprint density at radius 2 is 1.88 bits per heavy atom. The molecule has 0 unspecified atom stereocenters. The summed E-state index contributed by atoms with van der Waals surface area (Å²) in [6.07, 6.45) is 4.51. The van der Waals surface area contributed by atoms with Gasteiger partial charge in [0.15, 0.2) is 11.6 Å². The molecule has 0 spiro atoms. The number of nitrogens with one attached hydrogen (secondary N) is 3. The minimum absolute atomic E-state index is 0.101. The molecular formula is C16H14FN7O. The Labute approximate surface area is 142 Å². The Kier molecular flexibility index (Phi) is 4.65. The number of aromatic nitrogens is 3. The first-order valence-corrected chi connectivity index (χ1v) is 7.23. The van der Waals surface area contributed by atoms with Gasteiger partial charge in [-0.1, -0.05) is 12.1 Å². The van der Waals surface area contributed by atoms with E-state index in [-0.39, 0.29) is 17.1 Å². The lowest BCUT2D eigenvalue weighted by atomic mass is 10.2. The van der Waals surface area contributed by atoms with Crippen LogP contribution in [0, 0.1) is 5.82 Å². The molecule has 5 N–H and O–H groups in total. The van der Waals surface area contributed by atoms with Crippen LogP contribution in [0.3, 0.4) is 0 Å². The monoisotopic (exact) mass is 339 g/mol. The van der Waals surface area contributed by atoms with Crippen LogP contribution in [-0.4, -0.2) is 20.9 Å². The average molecular weight is 339 g/mol. The van der Waals surface area contributed by atoms with Crippen molar-refractivity contribution in [3.05, 3.63) is 66.5 Å². The Morgan fingerprint density at radius 1 is 1.08 bits per heavy atom. The number of anilines is 4. The second-order valence-corrected chi connectivity index (χ2v) is 4.91. The molecule has 25 heavy (non-hydrogen) atoms. The lowest BCUT2D eigenvalue weighted by molar-refractivity contribution is 0.0958. The van der Waals surface area contributed by atoms with Gasteiger partial charge in [0.1, 0.15) is 17.8 Å². The van der Waals surface area contributed by atoms with E-state index in [2.05, 4.69) is 31.1 Å². The van der Waals surface area contributed by atoms with Crippen molar-refractivity contribution in [3.63, 3.8) is 0 Å². The Bertz CT molecular complexity index is 889. The van der Waals surface area contributed by atoms with E-state index >= 15 is 0 Å². The first kappa shape index (κ1) is 16.1. The van der Waals surface area contributed by atoms with Gasteiger partial charge in [0.2, 0.25) is 0 Å². The molecule has 1 aromatic carbocycles. The molecule has 0 radical (unpaired) electrons. The summed E-state index contributed by atoms with van der Waals surface area (Å²) in [6, 6.07) is 9.18. The van der Waals surface area contributed by atoms with Crippen molar-refractivity contribution in [2.45, 2.75) is 0 Å². The Morgan fingerprint density at radius 3 is 2.64 bits per heavy atom. The van der Waals surface area contributed by atoms with Crippen molar-refractivity contribution in [3.8, 4) is 0 Å². The predicted octanol–water partition coefficient (Wildman–Crippen LogP) is 2.09. The van der Waals surface area contributed by atoms with E-state index in [0.29, 0.717) is 11.5 Å². The van der Waals surface area contributed by atoms with Gasteiger partial charge in [-0.2, -0.15) is 0 Å². The molecule has 0 aliphatic rings. The van der Waals surface area contributed by atoms with E-state index in [0.717, 1.165) is 0 Å². The topological polar surface area (TPSA) is 118 Å². The summed E-state index contributed by atoms with van der Waals surface area (Å²) in [6.45, 7) is 0. The molecule has 0 aliphatic heterocycles. The molecule has 0 atom stereocenters. The molecule has 2 aromatic heterocycles. The van der Waals surface area contributed by atoms with Gasteiger partial charge >= 0.3 is 0 Å². The molecule has 0 aliphatic carbocycles. The minimum atomic E-state index is -0.655. The van der Waals surface area contributed by atoms with E-state index in [1.54, 1.807) is 30.6 Å². The molecular weight excluding hydrogens is 325 g/mol. The van der Waals surface area contributed by atoms with E-state index in [1.807, 2.05) is 0 Å². The summed E-state index contributed by atoms with van der Waals surface area (Å²) < 4.78 is 13.6. The number of benzene rings is 1. The van der Waals surface area contributed by atoms with E-state index in [4.69, 9.17) is 5.73 Å². The summed E-state index contributed by atoms with van der Waals surface area (Å²) in [4.78, 5) is 24.0. The van der Waals surface area contributed by atoms with Crippen molar-refractivity contribution in [2.24, 2.45) is 0 Å².